The molecule has 1 fully saturated rings. The van der Waals surface area contributed by atoms with Crippen LogP contribution in [0.2, 0.25) is 0 Å². The first-order chi connectivity index (χ1) is 11.7. The maximum atomic E-state index is 11.0. The second kappa shape index (κ2) is 13.5. The molecule has 0 aliphatic heterocycles. The summed E-state index contributed by atoms with van der Waals surface area (Å²) in [5.74, 6) is -0.0158. The Bertz CT molecular complexity index is 310. The molecule has 1 rings (SSSR count). The second-order valence-electron chi connectivity index (χ2n) is 5.91. The summed E-state index contributed by atoms with van der Waals surface area (Å²) in [4.78, 5) is 11.0. The summed E-state index contributed by atoms with van der Waals surface area (Å²) in [5.41, 5.74) is 0. The van der Waals surface area contributed by atoms with E-state index in [9.17, 15) is 4.79 Å². The van der Waals surface area contributed by atoms with Gasteiger partial charge in [0.1, 0.15) is 0 Å². The Morgan fingerprint density at radius 3 is 1.88 bits per heavy atom. The minimum atomic E-state index is -0.266. The number of esters is 1. The third-order valence-corrected chi connectivity index (χ3v) is 3.87. The van der Waals surface area contributed by atoms with Crippen LogP contribution >= 0.6 is 0 Å². The standard InChI is InChI=1S/C16H32N2O6/c1-13(21)24-12-14-10-15(22-8-4-17-2-6-19)16(11-14)23-9-5-18-3-7-20/h14-20H,2-12H2,1H3. The van der Waals surface area contributed by atoms with Gasteiger partial charge in [-0.3, -0.25) is 4.79 Å². The van der Waals surface area contributed by atoms with Crippen molar-refractivity contribution >= 4 is 5.97 Å². The van der Waals surface area contributed by atoms with E-state index in [0.717, 1.165) is 12.8 Å². The van der Waals surface area contributed by atoms with Crippen molar-refractivity contribution in [2.24, 2.45) is 5.92 Å². The highest BCUT2D eigenvalue weighted by Crippen LogP contribution is 2.30. The molecule has 24 heavy (non-hydrogen) atoms. The number of carbonyl (C=O) groups excluding carboxylic acids is 1. The van der Waals surface area contributed by atoms with Crippen LogP contribution in [-0.4, -0.2) is 87.6 Å². The van der Waals surface area contributed by atoms with Crippen LogP contribution < -0.4 is 10.6 Å². The molecule has 0 radical (unpaired) electrons. The molecule has 1 aliphatic carbocycles. The molecule has 8 heteroatoms. The van der Waals surface area contributed by atoms with E-state index >= 15 is 0 Å². The molecule has 0 aromatic rings. The molecular formula is C16H32N2O6. The van der Waals surface area contributed by atoms with Gasteiger partial charge >= 0.3 is 5.97 Å². The molecule has 1 aliphatic rings. The van der Waals surface area contributed by atoms with Gasteiger partial charge in [0.05, 0.1) is 45.2 Å². The zero-order valence-corrected chi connectivity index (χ0v) is 14.5. The Morgan fingerprint density at radius 2 is 1.46 bits per heavy atom. The maximum Gasteiger partial charge on any atom is 0.302 e. The van der Waals surface area contributed by atoms with Crippen molar-refractivity contribution in [2.75, 3.05) is 59.2 Å². The van der Waals surface area contributed by atoms with E-state index in [1.807, 2.05) is 0 Å². The van der Waals surface area contributed by atoms with Gasteiger partial charge in [-0.05, 0) is 18.8 Å². The molecule has 0 heterocycles. The van der Waals surface area contributed by atoms with Crippen LogP contribution in [0.3, 0.4) is 0 Å². The van der Waals surface area contributed by atoms with Gasteiger partial charge in [0.25, 0.3) is 0 Å². The van der Waals surface area contributed by atoms with Crippen molar-refractivity contribution < 1.29 is 29.2 Å². The molecule has 0 aromatic heterocycles. The molecule has 8 nitrogen and oxygen atoms in total. The van der Waals surface area contributed by atoms with E-state index in [4.69, 9.17) is 24.4 Å². The van der Waals surface area contributed by atoms with Crippen LogP contribution in [0.25, 0.3) is 0 Å². The van der Waals surface area contributed by atoms with E-state index in [0.29, 0.717) is 46.0 Å². The summed E-state index contributed by atoms with van der Waals surface area (Å²) in [7, 11) is 0. The number of aliphatic hydroxyl groups excluding tert-OH is 2. The second-order valence-corrected chi connectivity index (χ2v) is 5.91. The van der Waals surface area contributed by atoms with Gasteiger partial charge in [0.15, 0.2) is 0 Å². The number of rotatable bonds is 14. The van der Waals surface area contributed by atoms with Crippen LogP contribution in [0.1, 0.15) is 19.8 Å². The number of hydrogen-bond acceptors (Lipinski definition) is 8. The van der Waals surface area contributed by atoms with E-state index in [1.165, 1.54) is 6.92 Å². The molecule has 1 saturated carbocycles. The molecule has 0 spiro atoms. The molecule has 4 N–H and O–H groups in total. The summed E-state index contributed by atoms with van der Waals surface area (Å²) in [6.07, 6.45) is 1.59. The lowest BCUT2D eigenvalue weighted by atomic mass is 10.1. The van der Waals surface area contributed by atoms with Crippen molar-refractivity contribution in [3.8, 4) is 0 Å². The first-order valence-corrected chi connectivity index (χ1v) is 8.67. The normalized spacial score (nSPS) is 23.5. The highest BCUT2D eigenvalue weighted by molar-refractivity contribution is 5.65. The molecule has 2 atom stereocenters. The zero-order chi connectivity index (χ0) is 17.6. The van der Waals surface area contributed by atoms with Crippen molar-refractivity contribution in [3.63, 3.8) is 0 Å². The summed E-state index contributed by atoms with van der Waals surface area (Å²) >= 11 is 0. The van der Waals surface area contributed by atoms with Gasteiger partial charge in [-0.2, -0.15) is 0 Å². The first-order valence-electron chi connectivity index (χ1n) is 8.67. The third kappa shape index (κ3) is 9.51. The monoisotopic (exact) mass is 348 g/mol. The number of ether oxygens (including phenoxy) is 3. The number of hydrogen-bond donors (Lipinski definition) is 4. The number of carbonyl (C=O) groups is 1. The average molecular weight is 348 g/mol. The smallest absolute Gasteiger partial charge is 0.302 e. The maximum absolute atomic E-state index is 11.0. The summed E-state index contributed by atoms with van der Waals surface area (Å²) in [6.45, 7) is 5.60. The summed E-state index contributed by atoms with van der Waals surface area (Å²) < 4.78 is 16.9. The largest absolute Gasteiger partial charge is 0.466 e. The van der Waals surface area contributed by atoms with Crippen LogP contribution in [0.5, 0.6) is 0 Å². The van der Waals surface area contributed by atoms with Crippen LogP contribution in [0.4, 0.5) is 0 Å². The highest BCUT2D eigenvalue weighted by Gasteiger charge is 2.36. The Hall–Kier alpha value is -0.770. The summed E-state index contributed by atoms with van der Waals surface area (Å²) in [6, 6.07) is 0. The van der Waals surface area contributed by atoms with Crippen LogP contribution in [0.15, 0.2) is 0 Å². The lowest BCUT2D eigenvalue weighted by Gasteiger charge is -2.21. The SMILES string of the molecule is CC(=O)OCC1CC(OCCNCCO)C(OCCNCCO)C1. The van der Waals surface area contributed by atoms with Crippen molar-refractivity contribution in [1.82, 2.24) is 10.6 Å². The third-order valence-electron chi connectivity index (χ3n) is 3.87. The molecule has 0 bridgehead atoms. The minimum Gasteiger partial charge on any atom is -0.466 e. The minimum absolute atomic E-state index is 0.0145. The fourth-order valence-electron chi connectivity index (χ4n) is 2.75. The Kier molecular flexibility index (Phi) is 12.0. The molecule has 0 aromatic carbocycles. The van der Waals surface area contributed by atoms with Crippen LogP contribution in [-0.2, 0) is 19.0 Å². The predicted molar refractivity (Wildman–Crippen MR) is 88.7 cm³/mol. The van der Waals surface area contributed by atoms with E-state index < -0.39 is 0 Å². The topological polar surface area (TPSA) is 109 Å². The van der Waals surface area contributed by atoms with Crippen molar-refractivity contribution in [2.45, 2.75) is 32.0 Å². The van der Waals surface area contributed by atoms with E-state index in [-0.39, 0.29) is 37.3 Å². The van der Waals surface area contributed by atoms with E-state index in [1.54, 1.807) is 0 Å². The van der Waals surface area contributed by atoms with Gasteiger partial charge in [-0.25, -0.2) is 0 Å². The van der Waals surface area contributed by atoms with Crippen molar-refractivity contribution in [1.29, 1.82) is 0 Å². The number of aliphatic hydroxyl groups is 2. The Morgan fingerprint density at radius 1 is 0.958 bits per heavy atom. The summed E-state index contributed by atoms with van der Waals surface area (Å²) in [5, 5.41) is 23.6. The highest BCUT2D eigenvalue weighted by atomic mass is 16.5. The Labute approximate surface area is 143 Å². The Balaban J connectivity index is 2.31. The fraction of sp³-hybridized carbons (Fsp3) is 0.938. The van der Waals surface area contributed by atoms with Gasteiger partial charge in [0.2, 0.25) is 0 Å². The van der Waals surface area contributed by atoms with E-state index in [2.05, 4.69) is 10.6 Å². The van der Waals surface area contributed by atoms with Crippen molar-refractivity contribution in [3.05, 3.63) is 0 Å². The average Bonchev–Trinajstić information content (AvgIpc) is 2.95. The first kappa shape index (κ1) is 21.3. The van der Waals surface area contributed by atoms with Gasteiger partial charge in [-0.15, -0.1) is 0 Å². The fourth-order valence-corrected chi connectivity index (χ4v) is 2.75. The van der Waals surface area contributed by atoms with Crippen LogP contribution in [0, 0.1) is 5.92 Å². The molecule has 0 saturated heterocycles. The van der Waals surface area contributed by atoms with Gasteiger partial charge in [-0.1, -0.05) is 0 Å². The lowest BCUT2D eigenvalue weighted by molar-refractivity contribution is -0.142. The number of nitrogens with one attached hydrogen (secondary N) is 2. The molecule has 142 valence electrons. The quantitative estimate of drug-likeness (QED) is 0.231. The van der Waals surface area contributed by atoms with Gasteiger partial charge < -0.3 is 35.1 Å². The van der Waals surface area contributed by atoms with Gasteiger partial charge in [0, 0.05) is 33.1 Å². The molecule has 2 unspecified atom stereocenters. The molecular weight excluding hydrogens is 316 g/mol. The lowest BCUT2D eigenvalue weighted by Crippen LogP contribution is -2.32. The zero-order valence-electron chi connectivity index (χ0n) is 14.5. The predicted octanol–water partition coefficient (Wildman–Crippen LogP) is -1.11. The molecule has 0 amide bonds.